The molecule has 0 heterocycles. The maximum Gasteiger partial charge on any atom is 0.397 e. The van der Waals surface area contributed by atoms with Gasteiger partial charge in [0, 0.05) is 12.1 Å². The molecule has 9 nitrogen and oxygen atoms in total. The minimum absolute atomic E-state index is 0.0289. The minimum atomic E-state index is -4.17. The van der Waals surface area contributed by atoms with Crippen molar-refractivity contribution in [1.29, 1.82) is 0 Å². The zero-order valence-electron chi connectivity index (χ0n) is 11.7. The van der Waals surface area contributed by atoms with Gasteiger partial charge in [-0.25, -0.2) is 4.18 Å². The molecule has 0 aliphatic carbocycles. The minimum Gasteiger partial charge on any atom is -0.351 e. The van der Waals surface area contributed by atoms with Crippen molar-refractivity contribution in [2.75, 3.05) is 18.9 Å². The largest absolute Gasteiger partial charge is 0.397 e. The fourth-order valence-electron chi connectivity index (χ4n) is 1.13. The van der Waals surface area contributed by atoms with Crippen LogP contribution in [-0.4, -0.2) is 50.8 Å². The number of carbonyl (C=O) groups is 1. The average Bonchev–Trinajstić information content (AvgIpc) is 2.37. The van der Waals surface area contributed by atoms with Crippen molar-refractivity contribution in [2.24, 2.45) is 0 Å². The lowest BCUT2D eigenvalue weighted by Crippen LogP contribution is -2.28. The van der Waals surface area contributed by atoms with E-state index in [1.807, 2.05) is 0 Å². The third kappa shape index (κ3) is 12.2. The molecule has 1 rings (SSSR count). The lowest BCUT2D eigenvalue weighted by atomic mass is 10.2. The molecule has 0 saturated carbocycles. The molecular formula is C11H17NO8S2. The van der Waals surface area contributed by atoms with Gasteiger partial charge in [-0.2, -0.15) is 16.8 Å². The summed E-state index contributed by atoms with van der Waals surface area (Å²) < 4.78 is 59.8. The van der Waals surface area contributed by atoms with E-state index in [1.54, 1.807) is 30.3 Å². The Morgan fingerprint density at radius 3 is 2.05 bits per heavy atom. The van der Waals surface area contributed by atoms with Crippen molar-refractivity contribution in [3.8, 4) is 0 Å². The number of nitrogens with one attached hydrogen (secondary N) is 1. The van der Waals surface area contributed by atoms with Crippen molar-refractivity contribution in [2.45, 2.75) is 6.92 Å². The van der Waals surface area contributed by atoms with E-state index in [-0.39, 0.29) is 19.1 Å². The summed E-state index contributed by atoms with van der Waals surface area (Å²) in [7, 11) is -8.19. The number of rotatable bonds is 6. The topological polar surface area (TPSA) is 147 Å². The van der Waals surface area contributed by atoms with Crippen LogP contribution in [0.5, 0.6) is 0 Å². The molecule has 1 aromatic rings. The lowest BCUT2D eigenvalue weighted by Gasteiger charge is -2.03. The maximum atomic E-state index is 11.3. The molecule has 0 unspecified atom stereocenters. The first-order valence-corrected chi connectivity index (χ1v) is 8.93. The van der Waals surface area contributed by atoms with Crippen LogP contribution in [0, 0.1) is 0 Å². The highest BCUT2D eigenvalue weighted by Gasteiger charge is 2.07. The second-order valence-electron chi connectivity index (χ2n) is 3.74. The van der Waals surface area contributed by atoms with Crippen LogP contribution < -0.4 is 5.32 Å². The first kappa shape index (κ1) is 20.5. The molecule has 0 aliphatic heterocycles. The Kier molecular flexibility index (Phi) is 8.82. The normalized spacial score (nSPS) is 11.2. The van der Waals surface area contributed by atoms with Crippen LogP contribution in [0.4, 0.5) is 0 Å². The molecule has 22 heavy (non-hydrogen) atoms. The van der Waals surface area contributed by atoms with E-state index in [9.17, 15) is 21.6 Å². The summed E-state index contributed by atoms with van der Waals surface area (Å²) >= 11 is 0. The molecule has 0 saturated heterocycles. The third-order valence-electron chi connectivity index (χ3n) is 1.95. The molecule has 0 radical (unpaired) electrons. The molecule has 3 N–H and O–H groups in total. The summed E-state index contributed by atoms with van der Waals surface area (Å²) in [6.45, 7) is 1.33. The van der Waals surface area contributed by atoms with Crippen molar-refractivity contribution in [3.63, 3.8) is 0 Å². The van der Waals surface area contributed by atoms with Crippen LogP contribution in [0.1, 0.15) is 17.3 Å². The predicted molar refractivity (Wildman–Crippen MR) is 78.4 cm³/mol. The van der Waals surface area contributed by atoms with Crippen LogP contribution in [0.25, 0.3) is 0 Å². The second kappa shape index (κ2) is 9.48. The van der Waals surface area contributed by atoms with Crippen LogP contribution in [-0.2, 0) is 24.7 Å². The Balaban J connectivity index is 0.000000534. The van der Waals surface area contributed by atoms with E-state index in [4.69, 9.17) is 9.11 Å². The SMILES string of the molecule is CCOS(=O)(=O)O.O=C(NCCS(=O)(=O)O)c1ccccc1. The Hall–Kier alpha value is -1.53. The molecule has 0 bridgehead atoms. The summed E-state index contributed by atoms with van der Waals surface area (Å²) in [5.41, 5.74) is 0.452. The molecule has 0 spiro atoms. The van der Waals surface area contributed by atoms with Gasteiger partial charge in [0.1, 0.15) is 0 Å². The molecule has 0 atom stereocenters. The van der Waals surface area contributed by atoms with Gasteiger partial charge in [0.15, 0.2) is 0 Å². The zero-order chi connectivity index (χ0) is 17.2. The van der Waals surface area contributed by atoms with Gasteiger partial charge in [-0.15, -0.1) is 0 Å². The van der Waals surface area contributed by atoms with E-state index in [0.29, 0.717) is 5.56 Å². The molecule has 11 heteroatoms. The number of carbonyl (C=O) groups excluding carboxylic acids is 1. The van der Waals surface area contributed by atoms with Crippen LogP contribution in [0.2, 0.25) is 0 Å². The first-order valence-electron chi connectivity index (χ1n) is 5.95. The van der Waals surface area contributed by atoms with Crippen molar-refractivity contribution in [1.82, 2.24) is 5.32 Å². The smallest absolute Gasteiger partial charge is 0.351 e. The van der Waals surface area contributed by atoms with Gasteiger partial charge in [-0.3, -0.25) is 13.9 Å². The number of benzene rings is 1. The molecule has 0 fully saturated rings. The Labute approximate surface area is 129 Å². The van der Waals surface area contributed by atoms with Gasteiger partial charge in [0.2, 0.25) is 0 Å². The first-order chi connectivity index (χ1) is 10.0. The van der Waals surface area contributed by atoms with Crippen LogP contribution in [0.3, 0.4) is 0 Å². The summed E-state index contributed by atoms with van der Waals surface area (Å²) in [5.74, 6) is -0.842. The predicted octanol–water partition coefficient (Wildman–Crippen LogP) is 0.130. The molecule has 0 aliphatic rings. The molecule has 126 valence electrons. The number of amides is 1. The molecular weight excluding hydrogens is 338 g/mol. The van der Waals surface area contributed by atoms with E-state index in [2.05, 4.69) is 9.50 Å². The van der Waals surface area contributed by atoms with Crippen molar-refractivity contribution >= 4 is 26.4 Å². The highest BCUT2D eigenvalue weighted by atomic mass is 32.3. The fourth-order valence-corrected chi connectivity index (χ4v) is 1.79. The van der Waals surface area contributed by atoms with Crippen molar-refractivity contribution < 1.29 is 34.9 Å². The quantitative estimate of drug-likeness (QED) is 0.610. The Morgan fingerprint density at radius 1 is 1.14 bits per heavy atom. The summed E-state index contributed by atoms with van der Waals surface area (Å²) in [5, 5.41) is 2.38. The lowest BCUT2D eigenvalue weighted by molar-refractivity contribution is 0.0956. The average molecular weight is 355 g/mol. The second-order valence-corrected chi connectivity index (χ2v) is 6.41. The molecule has 1 amide bonds. The Morgan fingerprint density at radius 2 is 1.68 bits per heavy atom. The van der Waals surface area contributed by atoms with Gasteiger partial charge >= 0.3 is 10.4 Å². The van der Waals surface area contributed by atoms with Crippen LogP contribution in [0.15, 0.2) is 30.3 Å². The van der Waals surface area contributed by atoms with Crippen LogP contribution >= 0.6 is 0 Å². The molecule has 0 aromatic heterocycles. The van der Waals surface area contributed by atoms with E-state index < -0.39 is 26.3 Å². The van der Waals surface area contributed by atoms with E-state index >= 15 is 0 Å². The fraction of sp³-hybridized carbons (Fsp3) is 0.364. The monoisotopic (exact) mass is 355 g/mol. The highest BCUT2D eigenvalue weighted by Crippen LogP contribution is 1.97. The van der Waals surface area contributed by atoms with Gasteiger partial charge in [-0.1, -0.05) is 18.2 Å². The van der Waals surface area contributed by atoms with E-state index in [0.717, 1.165) is 0 Å². The van der Waals surface area contributed by atoms with E-state index in [1.165, 1.54) is 6.92 Å². The number of hydrogen-bond donors (Lipinski definition) is 3. The van der Waals surface area contributed by atoms with Gasteiger partial charge in [-0.05, 0) is 19.1 Å². The Bertz CT molecular complexity index is 655. The molecule has 1 aromatic carbocycles. The van der Waals surface area contributed by atoms with Crippen molar-refractivity contribution in [3.05, 3.63) is 35.9 Å². The zero-order valence-corrected chi connectivity index (χ0v) is 13.3. The summed E-state index contributed by atoms with van der Waals surface area (Å²) in [6.07, 6.45) is 0. The van der Waals surface area contributed by atoms with Gasteiger partial charge in [0.05, 0.1) is 12.4 Å². The summed E-state index contributed by atoms with van der Waals surface area (Å²) in [4.78, 5) is 11.3. The highest BCUT2D eigenvalue weighted by molar-refractivity contribution is 7.85. The van der Waals surface area contributed by atoms with Gasteiger partial charge in [0.25, 0.3) is 16.0 Å². The standard InChI is InChI=1S/C9H11NO4S.C2H6O4S/c11-9(8-4-2-1-3-5-8)10-6-7-15(12,13)14;1-2-6-7(3,4)5/h1-5H,6-7H2,(H,10,11)(H,12,13,14);2H2,1H3,(H,3,4,5). The van der Waals surface area contributed by atoms with Gasteiger partial charge < -0.3 is 5.32 Å². The maximum absolute atomic E-state index is 11.3. The third-order valence-corrected chi connectivity index (χ3v) is 3.20. The number of hydrogen-bond acceptors (Lipinski definition) is 6. The summed E-state index contributed by atoms with van der Waals surface area (Å²) in [6, 6.07) is 8.41.